The smallest absolute Gasteiger partial charge is 0.206 e. The summed E-state index contributed by atoms with van der Waals surface area (Å²) in [5.41, 5.74) is -6.50. The molecule has 1 aliphatic rings. The molecule has 0 aliphatic heterocycles. The number of hydrogen-bond donors (Lipinski definition) is 0. The van der Waals surface area contributed by atoms with E-state index in [0.717, 1.165) is 0 Å². The fraction of sp³-hybridized carbons (Fsp3) is 0.455. The fourth-order valence-electron chi connectivity index (χ4n) is 2.06. The second-order valence-electron chi connectivity index (χ2n) is 4.54. The highest BCUT2D eigenvalue weighted by Crippen LogP contribution is 2.65. The highest BCUT2D eigenvalue weighted by atomic mass is 19.4. The van der Waals surface area contributed by atoms with Gasteiger partial charge in [-0.25, -0.2) is 8.78 Å². The molecule has 0 radical (unpaired) electrons. The van der Waals surface area contributed by atoms with Gasteiger partial charge in [-0.15, -0.1) is 0 Å². The molecule has 0 N–H and O–H groups in total. The van der Waals surface area contributed by atoms with Crippen molar-refractivity contribution in [3.8, 4) is 0 Å². The van der Waals surface area contributed by atoms with Crippen LogP contribution in [0, 0.1) is 18.6 Å². The number of benzene rings is 1. The Morgan fingerprint density at radius 1 is 0.714 bits per heavy atom. The molecular weight excluding hydrogens is 322 g/mol. The van der Waals surface area contributed by atoms with Crippen molar-refractivity contribution in [2.75, 3.05) is 0 Å². The summed E-state index contributed by atoms with van der Waals surface area (Å²) in [7, 11) is 0. The van der Waals surface area contributed by atoms with E-state index in [4.69, 9.17) is 0 Å². The largest absolute Gasteiger partial charge is 0.383 e. The van der Waals surface area contributed by atoms with E-state index >= 15 is 0 Å². The second kappa shape index (κ2) is 3.83. The maximum Gasteiger partial charge on any atom is 0.383 e. The van der Waals surface area contributed by atoms with Crippen LogP contribution in [0.4, 0.5) is 43.9 Å². The first-order valence-electron chi connectivity index (χ1n) is 5.22. The molecule has 0 atom stereocenters. The molecule has 0 heterocycles. The molecule has 0 bridgehead atoms. The molecule has 0 unspecified atom stereocenters. The predicted octanol–water partition coefficient (Wildman–Crippen LogP) is 4.74. The van der Waals surface area contributed by atoms with Crippen LogP contribution in [0.5, 0.6) is 0 Å². The van der Waals surface area contributed by atoms with Crippen molar-refractivity contribution in [3.05, 3.63) is 34.4 Å². The van der Waals surface area contributed by atoms with Crippen molar-refractivity contribution < 1.29 is 43.9 Å². The van der Waals surface area contributed by atoms with E-state index < -0.39 is 52.0 Å². The van der Waals surface area contributed by atoms with Crippen LogP contribution in [-0.2, 0) is 11.8 Å². The Balaban J connectivity index is 3.05. The van der Waals surface area contributed by atoms with Crippen LogP contribution >= 0.6 is 0 Å². The summed E-state index contributed by atoms with van der Waals surface area (Å²) in [4.78, 5) is 0. The van der Waals surface area contributed by atoms with Gasteiger partial charge in [0.2, 0.25) is 0 Å². The van der Waals surface area contributed by atoms with Gasteiger partial charge in [0.1, 0.15) is 11.6 Å². The molecule has 0 nitrogen and oxygen atoms in total. The van der Waals surface area contributed by atoms with Crippen molar-refractivity contribution >= 4 is 0 Å². The summed E-state index contributed by atoms with van der Waals surface area (Å²) in [6.45, 7) is 0.637. The summed E-state index contributed by atoms with van der Waals surface area (Å²) in [5.74, 6) is -29.8. The van der Waals surface area contributed by atoms with Crippen LogP contribution < -0.4 is 0 Å². The predicted molar refractivity (Wildman–Crippen MR) is 48.8 cm³/mol. The third kappa shape index (κ3) is 1.53. The number of rotatable bonds is 0. The Morgan fingerprint density at radius 2 is 1.10 bits per heavy atom. The van der Waals surface area contributed by atoms with E-state index in [9.17, 15) is 43.9 Å². The molecule has 21 heavy (non-hydrogen) atoms. The van der Waals surface area contributed by atoms with Gasteiger partial charge >= 0.3 is 23.7 Å². The lowest BCUT2D eigenvalue weighted by molar-refractivity contribution is -0.387. The van der Waals surface area contributed by atoms with Crippen LogP contribution in [0.3, 0.4) is 0 Å². The Hall–Kier alpha value is -1.48. The Labute approximate surface area is 110 Å². The summed E-state index contributed by atoms with van der Waals surface area (Å²) in [6, 6.07) is -0.0439. The average Bonchev–Trinajstić information content (AvgIpc) is 2.30. The Kier molecular flexibility index (Phi) is 2.90. The molecule has 0 aromatic heterocycles. The summed E-state index contributed by atoms with van der Waals surface area (Å²) >= 11 is 0. The lowest BCUT2D eigenvalue weighted by Crippen LogP contribution is -2.64. The maximum atomic E-state index is 13.5. The Morgan fingerprint density at radius 3 is 1.52 bits per heavy atom. The summed E-state index contributed by atoms with van der Waals surface area (Å²) in [6.07, 6.45) is 0. The number of aryl methyl sites for hydroxylation is 1. The monoisotopic (exact) mass is 326 g/mol. The molecule has 10 heteroatoms. The average molecular weight is 326 g/mol. The van der Waals surface area contributed by atoms with E-state index in [-0.39, 0.29) is 6.07 Å². The molecule has 0 saturated carbocycles. The lowest BCUT2D eigenvalue weighted by atomic mass is 9.79. The van der Waals surface area contributed by atoms with Crippen LogP contribution in [0.2, 0.25) is 0 Å². The zero-order chi connectivity index (χ0) is 16.6. The number of alkyl halides is 8. The van der Waals surface area contributed by atoms with Gasteiger partial charge in [-0.05, 0) is 18.6 Å². The first-order chi connectivity index (χ1) is 9.21. The number of hydrogen-bond acceptors (Lipinski definition) is 0. The van der Waals surface area contributed by atoms with Gasteiger partial charge in [-0.1, -0.05) is 0 Å². The standard InChI is InChI=1S/C11H4F10/c1-3-2-4(12)5-6(7(3)13)9(16,17)11(20,21)10(18,19)8(5,14)15/h2H,1H3. The lowest BCUT2D eigenvalue weighted by Gasteiger charge is -2.43. The van der Waals surface area contributed by atoms with Crippen molar-refractivity contribution in [2.45, 2.75) is 30.6 Å². The molecule has 1 aliphatic carbocycles. The minimum absolute atomic E-state index is 0.0439. The zero-order valence-corrected chi connectivity index (χ0v) is 9.86. The van der Waals surface area contributed by atoms with Crippen molar-refractivity contribution in [3.63, 3.8) is 0 Å². The van der Waals surface area contributed by atoms with Crippen LogP contribution in [0.1, 0.15) is 16.7 Å². The fourth-order valence-corrected chi connectivity index (χ4v) is 2.06. The molecule has 0 fully saturated rings. The quantitative estimate of drug-likeness (QED) is 0.604. The van der Waals surface area contributed by atoms with Crippen LogP contribution in [0.15, 0.2) is 6.07 Å². The van der Waals surface area contributed by atoms with E-state index in [1.807, 2.05) is 0 Å². The van der Waals surface area contributed by atoms with E-state index in [0.29, 0.717) is 6.92 Å². The van der Waals surface area contributed by atoms with Gasteiger partial charge in [-0.3, -0.25) is 0 Å². The Bertz CT molecular complexity index is 616. The number of halogens is 10. The van der Waals surface area contributed by atoms with Crippen LogP contribution in [-0.4, -0.2) is 11.8 Å². The SMILES string of the molecule is Cc1cc(F)c2c(c1F)C(F)(F)C(F)(F)C(F)(F)C2(F)F. The van der Waals surface area contributed by atoms with Crippen molar-refractivity contribution in [2.24, 2.45) is 0 Å². The summed E-state index contributed by atoms with van der Waals surface area (Å²) in [5, 5.41) is 0. The van der Waals surface area contributed by atoms with Gasteiger partial charge in [0.05, 0.1) is 11.1 Å². The van der Waals surface area contributed by atoms with E-state index in [2.05, 4.69) is 0 Å². The third-order valence-electron chi connectivity index (χ3n) is 3.21. The third-order valence-corrected chi connectivity index (χ3v) is 3.21. The second-order valence-corrected chi connectivity index (χ2v) is 4.54. The number of fused-ring (bicyclic) bond motifs is 1. The van der Waals surface area contributed by atoms with Gasteiger partial charge < -0.3 is 0 Å². The first-order valence-corrected chi connectivity index (χ1v) is 5.22. The molecule has 2 rings (SSSR count). The molecule has 0 spiro atoms. The molecule has 0 amide bonds. The van der Waals surface area contributed by atoms with Gasteiger partial charge in [0, 0.05) is 0 Å². The maximum absolute atomic E-state index is 13.5. The topological polar surface area (TPSA) is 0 Å². The van der Waals surface area contributed by atoms with E-state index in [1.54, 1.807) is 0 Å². The normalized spacial score (nSPS) is 24.5. The molecular formula is C11H4F10. The summed E-state index contributed by atoms with van der Waals surface area (Å²) < 4.78 is 133. The minimum Gasteiger partial charge on any atom is -0.206 e. The van der Waals surface area contributed by atoms with E-state index in [1.165, 1.54) is 0 Å². The van der Waals surface area contributed by atoms with Gasteiger partial charge in [0.15, 0.2) is 0 Å². The first kappa shape index (κ1) is 15.9. The van der Waals surface area contributed by atoms with Gasteiger partial charge in [-0.2, -0.15) is 35.1 Å². The molecule has 118 valence electrons. The zero-order valence-electron chi connectivity index (χ0n) is 9.86. The van der Waals surface area contributed by atoms with Gasteiger partial charge in [0.25, 0.3) is 0 Å². The minimum atomic E-state index is -6.60. The van der Waals surface area contributed by atoms with Crippen LogP contribution in [0.25, 0.3) is 0 Å². The molecule has 1 aromatic carbocycles. The highest BCUT2D eigenvalue weighted by Gasteiger charge is 2.86. The highest BCUT2D eigenvalue weighted by molar-refractivity contribution is 5.46. The van der Waals surface area contributed by atoms with Crippen molar-refractivity contribution in [1.29, 1.82) is 0 Å². The molecule has 1 aromatic rings. The van der Waals surface area contributed by atoms with Crippen molar-refractivity contribution in [1.82, 2.24) is 0 Å². The molecule has 0 saturated heterocycles.